The second kappa shape index (κ2) is 3.96. The van der Waals surface area contributed by atoms with Gasteiger partial charge in [-0.15, -0.1) is 0 Å². The molecule has 0 saturated carbocycles. The Morgan fingerprint density at radius 2 is 2.07 bits per heavy atom. The van der Waals surface area contributed by atoms with E-state index in [0.29, 0.717) is 0 Å². The maximum absolute atomic E-state index is 13.5. The van der Waals surface area contributed by atoms with Crippen molar-refractivity contribution in [3.8, 4) is 0 Å². The van der Waals surface area contributed by atoms with Crippen molar-refractivity contribution in [1.82, 2.24) is 4.90 Å². The van der Waals surface area contributed by atoms with E-state index >= 15 is 0 Å². The summed E-state index contributed by atoms with van der Waals surface area (Å²) >= 11 is 0. The van der Waals surface area contributed by atoms with Gasteiger partial charge in [0.1, 0.15) is 11.3 Å². The van der Waals surface area contributed by atoms with E-state index in [4.69, 9.17) is 9.84 Å². The van der Waals surface area contributed by atoms with Gasteiger partial charge in [-0.1, -0.05) is 0 Å². The largest absolute Gasteiger partial charge is 0.444 e. The number of aliphatic hydroxyl groups excluding tert-OH is 1. The monoisotopic (exact) mass is 219 g/mol. The number of rotatable bonds is 2. The van der Waals surface area contributed by atoms with Crippen molar-refractivity contribution in [2.24, 2.45) is 0 Å². The summed E-state index contributed by atoms with van der Waals surface area (Å²) in [6.07, 6.45) is -0.416. The third-order valence-electron chi connectivity index (χ3n) is 2.16. The summed E-state index contributed by atoms with van der Waals surface area (Å²) in [6.45, 7) is 5.13. The second-order valence-corrected chi connectivity index (χ2v) is 4.96. The average Bonchev–Trinajstić information content (AvgIpc) is 1.96. The van der Waals surface area contributed by atoms with Crippen LogP contribution in [-0.2, 0) is 4.74 Å². The number of alkyl halides is 1. The lowest BCUT2D eigenvalue weighted by Gasteiger charge is -2.44. The first-order chi connectivity index (χ1) is 6.76. The molecule has 0 aromatic heterocycles. The molecule has 4 nitrogen and oxygen atoms in total. The first kappa shape index (κ1) is 12.2. The Morgan fingerprint density at radius 3 is 2.47 bits per heavy atom. The molecule has 0 radical (unpaired) electrons. The van der Waals surface area contributed by atoms with E-state index in [0.717, 1.165) is 0 Å². The van der Waals surface area contributed by atoms with Crippen LogP contribution in [0.4, 0.5) is 9.18 Å². The van der Waals surface area contributed by atoms with E-state index in [2.05, 4.69) is 0 Å². The number of amides is 1. The SMILES string of the molecule is CC(C)(C)OC(=O)N1CC(F)(CCO)C1. The molecule has 0 spiro atoms. The minimum Gasteiger partial charge on any atom is -0.444 e. The molecule has 0 aliphatic carbocycles. The maximum atomic E-state index is 13.5. The Hall–Kier alpha value is -0.840. The van der Waals surface area contributed by atoms with E-state index < -0.39 is 17.4 Å². The van der Waals surface area contributed by atoms with Crippen LogP contribution in [0.1, 0.15) is 27.2 Å². The van der Waals surface area contributed by atoms with Gasteiger partial charge in [-0.25, -0.2) is 9.18 Å². The highest BCUT2D eigenvalue weighted by Gasteiger charge is 2.46. The van der Waals surface area contributed by atoms with Crippen molar-refractivity contribution in [2.75, 3.05) is 19.7 Å². The molecule has 0 unspecified atom stereocenters. The summed E-state index contributed by atoms with van der Waals surface area (Å²) in [5.41, 5.74) is -1.98. The summed E-state index contributed by atoms with van der Waals surface area (Å²) in [5, 5.41) is 8.60. The van der Waals surface area contributed by atoms with Crippen LogP contribution in [0.5, 0.6) is 0 Å². The average molecular weight is 219 g/mol. The van der Waals surface area contributed by atoms with Crippen molar-refractivity contribution >= 4 is 6.09 Å². The van der Waals surface area contributed by atoms with E-state index in [9.17, 15) is 9.18 Å². The molecule has 0 aromatic carbocycles. The van der Waals surface area contributed by atoms with Gasteiger partial charge in [-0.3, -0.25) is 0 Å². The molecule has 1 saturated heterocycles. The number of ether oxygens (including phenoxy) is 1. The smallest absolute Gasteiger partial charge is 0.410 e. The van der Waals surface area contributed by atoms with Gasteiger partial charge in [0.15, 0.2) is 0 Å². The summed E-state index contributed by atoms with van der Waals surface area (Å²) in [5.74, 6) is 0. The van der Waals surface area contributed by atoms with E-state index in [-0.39, 0.29) is 26.1 Å². The van der Waals surface area contributed by atoms with Gasteiger partial charge in [-0.05, 0) is 20.8 Å². The van der Waals surface area contributed by atoms with Crippen LogP contribution in [0, 0.1) is 0 Å². The Kier molecular flexibility index (Phi) is 3.23. The lowest BCUT2D eigenvalue weighted by atomic mass is 9.93. The minimum absolute atomic E-state index is 0.0163. The summed E-state index contributed by atoms with van der Waals surface area (Å²) < 4.78 is 18.6. The highest BCUT2D eigenvalue weighted by atomic mass is 19.1. The number of carbonyl (C=O) groups excluding carboxylic acids is 1. The quantitative estimate of drug-likeness (QED) is 0.762. The van der Waals surface area contributed by atoms with Gasteiger partial charge in [0.05, 0.1) is 13.1 Å². The zero-order valence-electron chi connectivity index (χ0n) is 9.42. The molecule has 0 bridgehead atoms. The molecular formula is C10H18FNO3. The molecule has 0 aromatic rings. The molecule has 88 valence electrons. The number of hydrogen-bond acceptors (Lipinski definition) is 3. The van der Waals surface area contributed by atoms with Gasteiger partial charge in [0, 0.05) is 13.0 Å². The van der Waals surface area contributed by atoms with E-state index in [1.807, 2.05) is 0 Å². The lowest BCUT2D eigenvalue weighted by molar-refractivity contribution is -0.0595. The number of nitrogens with zero attached hydrogens (tertiary/aromatic N) is 1. The van der Waals surface area contributed by atoms with Crippen LogP contribution in [0.3, 0.4) is 0 Å². The fourth-order valence-electron chi connectivity index (χ4n) is 1.45. The first-order valence-corrected chi connectivity index (χ1v) is 5.03. The fraction of sp³-hybridized carbons (Fsp3) is 0.900. The first-order valence-electron chi connectivity index (χ1n) is 5.03. The van der Waals surface area contributed by atoms with Gasteiger partial charge in [0.2, 0.25) is 0 Å². The van der Waals surface area contributed by atoms with Crippen molar-refractivity contribution in [2.45, 2.75) is 38.5 Å². The predicted octanol–water partition coefficient (Wildman–Crippen LogP) is 1.33. The molecule has 1 heterocycles. The molecular weight excluding hydrogens is 201 g/mol. The van der Waals surface area contributed by atoms with Crippen LogP contribution in [-0.4, -0.2) is 47.1 Å². The van der Waals surface area contributed by atoms with Crippen molar-refractivity contribution in [3.05, 3.63) is 0 Å². The van der Waals surface area contributed by atoms with Crippen LogP contribution in [0.25, 0.3) is 0 Å². The fourth-order valence-corrected chi connectivity index (χ4v) is 1.45. The Bertz CT molecular complexity index is 244. The van der Waals surface area contributed by atoms with Crippen LogP contribution >= 0.6 is 0 Å². The lowest BCUT2D eigenvalue weighted by Crippen LogP contribution is -2.61. The zero-order valence-corrected chi connectivity index (χ0v) is 9.42. The molecule has 0 atom stereocenters. The highest BCUT2D eigenvalue weighted by Crippen LogP contribution is 2.29. The zero-order chi connectivity index (χ0) is 11.7. The molecule has 1 aliphatic heterocycles. The third kappa shape index (κ3) is 3.34. The minimum atomic E-state index is -1.42. The predicted molar refractivity (Wildman–Crippen MR) is 53.3 cm³/mol. The summed E-state index contributed by atoms with van der Waals surface area (Å²) in [7, 11) is 0. The van der Waals surface area contributed by atoms with Gasteiger partial charge in [0.25, 0.3) is 0 Å². The molecule has 15 heavy (non-hydrogen) atoms. The Morgan fingerprint density at radius 1 is 1.53 bits per heavy atom. The molecule has 1 N–H and O–H groups in total. The van der Waals surface area contributed by atoms with Crippen LogP contribution in [0.15, 0.2) is 0 Å². The molecule has 5 heteroatoms. The Labute approximate surface area is 89.0 Å². The van der Waals surface area contributed by atoms with Crippen LogP contribution in [0.2, 0.25) is 0 Å². The second-order valence-electron chi connectivity index (χ2n) is 4.96. The molecule has 1 fully saturated rings. The number of carbonyl (C=O) groups is 1. The third-order valence-corrected chi connectivity index (χ3v) is 2.16. The standard InChI is InChI=1S/C10H18FNO3/c1-9(2,3)15-8(14)12-6-10(11,7-12)4-5-13/h13H,4-7H2,1-3H3. The van der Waals surface area contributed by atoms with E-state index in [1.54, 1.807) is 20.8 Å². The highest BCUT2D eigenvalue weighted by molar-refractivity contribution is 5.69. The molecule has 1 amide bonds. The van der Waals surface area contributed by atoms with E-state index in [1.165, 1.54) is 4.90 Å². The van der Waals surface area contributed by atoms with Crippen molar-refractivity contribution < 1.29 is 19.0 Å². The Balaban J connectivity index is 2.35. The summed E-state index contributed by atoms with van der Waals surface area (Å²) in [6, 6.07) is 0. The van der Waals surface area contributed by atoms with Gasteiger partial charge >= 0.3 is 6.09 Å². The molecule has 1 aliphatic rings. The normalized spacial score (nSPS) is 19.7. The maximum Gasteiger partial charge on any atom is 0.410 e. The topological polar surface area (TPSA) is 49.8 Å². The number of likely N-dealkylation sites (tertiary alicyclic amines) is 1. The van der Waals surface area contributed by atoms with Gasteiger partial charge in [-0.2, -0.15) is 0 Å². The number of hydrogen-bond donors (Lipinski definition) is 1. The number of halogens is 1. The summed E-state index contributed by atoms with van der Waals surface area (Å²) in [4.78, 5) is 12.7. The van der Waals surface area contributed by atoms with Gasteiger partial charge < -0.3 is 14.7 Å². The number of aliphatic hydroxyl groups is 1. The van der Waals surface area contributed by atoms with Crippen molar-refractivity contribution in [1.29, 1.82) is 0 Å². The van der Waals surface area contributed by atoms with Crippen LogP contribution < -0.4 is 0 Å². The molecule has 1 rings (SSSR count). The van der Waals surface area contributed by atoms with Crippen molar-refractivity contribution in [3.63, 3.8) is 0 Å².